The van der Waals surface area contributed by atoms with Crippen LogP contribution in [-0.4, -0.2) is 25.8 Å². The molecular weight excluding hydrogens is 432 g/mol. The van der Waals surface area contributed by atoms with E-state index in [4.69, 9.17) is 0 Å². The summed E-state index contributed by atoms with van der Waals surface area (Å²) < 4.78 is 0. The Labute approximate surface area is 207 Å². The van der Waals surface area contributed by atoms with Gasteiger partial charge in [-0.2, -0.15) is 0 Å². The number of carbonyl (C=O) groups is 2. The predicted octanol–water partition coefficient (Wildman–Crippen LogP) is 6.29. The molecule has 4 heteroatoms. The van der Waals surface area contributed by atoms with Gasteiger partial charge in [-0.15, -0.1) is 0 Å². The maximum Gasteiger partial charge on any atom is 0.232 e. The van der Waals surface area contributed by atoms with E-state index < -0.39 is 0 Å². The van der Waals surface area contributed by atoms with Crippen molar-refractivity contribution in [3.05, 3.63) is 106 Å². The molecule has 0 fully saturated rings. The molecule has 0 saturated carbocycles. The number of rotatable bonds is 4. The number of allylic oxidation sites excluding steroid dienone is 2. The Morgan fingerprint density at radius 1 is 0.771 bits per heavy atom. The van der Waals surface area contributed by atoms with Crippen molar-refractivity contribution in [1.29, 1.82) is 0 Å². The van der Waals surface area contributed by atoms with Crippen LogP contribution >= 0.6 is 0 Å². The molecule has 0 N–H and O–H groups in total. The minimum Gasteiger partial charge on any atom is -0.378 e. The summed E-state index contributed by atoms with van der Waals surface area (Å²) in [5, 5.41) is 0. The Morgan fingerprint density at radius 2 is 1.49 bits per heavy atom. The van der Waals surface area contributed by atoms with Crippen LogP contribution in [0.4, 0.5) is 11.4 Å². The molecule has 1 heterocycles. The average Bonchev–Trinajstić information content (AvgIpc) is 2.86. The summed E-state index contributed by atoms with van der Waals surface area (Å²) >= 11 is 0. The number of hydrogen-bond acceptors (Lipinski definition) is 3. The normalized spacial score (nSPS) is 20.2. The van der Waals surface area contributed by atoms with Gasteiger partial charge in [0.15, 0.2) is 5.78 Å². The zero-order valence-electron chi connectivity index (χ0n) is 20.9. The summed E-state index contributed by atoms with van der Waals surface area (Å²) in [5.74, 6) is 0.0678. The lowest BCUT2D eigenvalue weighted by Gasteiger charge is -2.40. The van der Waals surface area contributed by atoms with Crippen molar-refractivity contribution in [3.8, 4) is 0 Å². The number of hydrogen-bond donors (Lipinski definition) is 0. The van der Waals surface area contributed by atoms with E-state index in [2.05, 4.69) is 67.3 Å². The Hall–Kier alpha value is -3.66. The van der Waals surface area contributed by atoms with Crippen molar-refractivity contribution >= 4 is 23.1 Å². The van der Waals surface area contributed by atoms with Crippen LogP contribution in [0, 0.1) is 13.8 Å². The fourth-order valence-electron chi connectivity index (χ4n) is 5.45. The maximum atomic E-state index is 13.8. The minimum atomic E-state index is -0.208. The van der Waals surface area contributed by atoms with Gasteiger partial charge in [-0.05, 0) is 72.7 Å². The Morgan fingerprint density at radius 3 is 2.14 bits per heavy atom. The highest BCUT2D eigenvalue weighted by molar-refractivity contribution is 6.08. The first-order valence-electron chi connectivity index (χ1n) is 12.3. The predicted molar refractivity (Wildman–Crippen MR) is 142 cm³/mol. The lowest BCUT2D eigenvalue weighted by Crippen LogP contribution is -2.41. The smallest absolute Gasteiger partial charge is 0.232 e. The lowest BCUT2D eigenvalue weighted by atomic mass is 9.72. The minimum absolute atomic E-state index is 0.0511. The van der Waals surface area contributed by atoms with Crippen LogP contribution in [0.15, 0.2) is 84.1 Å². The van der Waals surface area contributed by atoms with Crippen LogP contribution in [0.1, 0.15) is 53.4 Å². The van der Waals surface area contributed by atoms with Crippen molar-refractivity contribution in [2.75, 3.05) is 23.9 Å². The van der Waals surface area contributed by atoms with E-state index in [-0.39, 0.29) is 23.5 Å². The van der Waals surface area contributed by atoms with Crippen LogP contribution in [0.3, 0.4) is 0 Å². The van der Waals surface area contributed by atoms with Gasteiger partial charge in [0, 0.05) is 55.5 Å². The van der Waals surface area contributed by atoms with Crippen LogP contribution in [0.5, 0.6) is 0 Å². The largest absolute Gasteiger partial charge is 0.378 e. The van der Waals surface area contributed by atoms with Gasteiger partial charge in [-0.3, -0.25) is 14.5 Å². The summed E-state index contributed by atoms with van der Waals surface area (Å²) in [6, 6.07) is 24.6. The molecule has 2 atom stereocenters. The van der Waals surface area contributed by atoms with E-state index in [0.717, 1.165) is 39.3 Å². The van der Waals surface area contributed by atoms with E-state index in [1.165, 1.54) is 5.56 Å². The molecule has 1 amide bonds. The van der Waals surface area contributed by atoms with E-state index in [9.17, 15) is 9.59 Å². The third-order valence-corrected chi connectivity index (χ3v) is 7.56. The topological polar surface area (TPSA) is 40.6 Å². The summed E-state index contributed by atoms with van der Waals surface area (Å²) in [5.41, 5.74) is 8.15. The number of ketones is 1. The number of anilines is 2. The zero-order chi connectivity index (χ0) is 24.7. The average molecular weight is 465 g/mol. The molecule has 0 spiro atoms. The molecular formula is C31H32N2O2. The quantitative estimate of drug-likeness (QED) is 0.456. The fourth-order valence-corrected chi connectivity index (χ4v) is 5.45. The van der Waals surface area contributed by atoms with Gasteiger partial charge in [-0.1, -0.05) is 48.5 Å². The number of nitrogens with zero attached hydrogens (tertiary/aromatic N) is 2. The molecule has 35 heavy (non-hydrogen) atoms. The second-order valence-corrected chi connectivity index (χ2v) is 10.0. The molecule has 1 aliphatic carbocycles. The molecule has 0 aromatic heterocycles. The molecule has 0 radical (unpaired) electrons. The van der Waals surface area contributed by atoms with E-state index in [1.54, 1.807) is 0 Å². The molecule has 4 nitrogen and oxygen atoms in total. The van der Waals surface area contributed by atoms with Gasteiger partial charge in [-0.25, -0.2) is 0 Å². The molecule has 3 aromatic carbocycles. The third kappa shape index (κ3) is 4.29. The first-order chi connectivity index (χ1) is 16.8. The van der Waals surface area contributed by atoms with Crippen LogP contribution in [0.2, 0.25) is 0 Å². The van der Waals surface area contributed by atoms with Crippen LogP contribution < -0.4 is 9.80 Å². The van der Waals surface area contributed by atoms with Crippen molar-refractivity contribution < 1.29 is 9.59 Å². The summed E-state index contributed by atoms with van der Waals surface area (Å²) in [4.78, 5) is 31.4. The first-order valence-corrected chi connectivity index (χ1v) is 12.3. The molecule has 3 aromatic rings. The van der Waals surface area contributed by atoms with Crippen molar-refractivity contribution in [3.63, 3.8) is 0 Å². The summed E-state index contributed by atoms with van der Waals surface area (Å²) in [6.45, 7) is 4.14. The maximum absolute atomic E-state index is 13.8. The second kappa shape index (κ2) is 9.18. The molecule has 0 saturated heterocycles. The highest BCUT2D eigenvalue weighted by Gasteiger charge is 2.42. The number of carbonyl (C=O) groups excluding carboxylic acids is 2. The van der Waals surface area contributed by atoms with Gasteiger partial charge < -0.3 is 4.90 Å². The summed E-state index contributed by atoms with van der Waals surface area (Å²) in [6.07, 6.45) is 1.45. The molecule has 0 bridgehead atoms. The number of aryl methyl sites for hydroxylation is 2. The third-order valence-electron chi connectivity index (χ3n) is 7.56. The van der Waals surface area contributed by atoms with Crippen molar-refractivity contribution in [2.24, 2.45) is 0 Å². The first kappa shape index (κ1) is 23.1. The highest BCUT2D eigenvalue weighted by atomic mass is 16.2. The lowest BCUT2D eigenvalue weighted by molar-refractivity contribution is -0.120. The second-order valence-electron chi connectivity index (χ2n) is 10.0. The molecule has 1 aliphatic heterocycles. The standard InChI is InChI=1S/C31H32N2O2/c1-20-10-13-26(16-21(20)2)33-28-17-24(22-8-6-5-7-9-22)18-29(34)31(28)27(19-30(33)35)23-11-14-25(15-12-23)32(3)4/h5-16,24,27H,17-19H2,1-4H3. The Balaban J connectivity index is 1.64. The van der Waals surface area contributed by atoms with Crippen LogP contribution in [0.25, 0.3) is 0 Å². The fraction of sp³-hybridized carbons (Fsp3) is 0.290. The number of amides is 1. The van der Waals surface area contributed by atoms with Gasteiger partial charge in [0.2, 0.25) is 5.91 Å². The van der Waals surface area contributed by atoms with Crippen molar-refractivity contribution in [2.45, 2.75) is 44.9 Å². The molecule has 5 rings (SSSR count). The monoisotopic (exact) mass is 464 g/mol. The molecule has 2 aliphatic rings. The number of Topliss-reactive ketones (excluding diaryl/α,β-unsaturated/α-hetero) is 1. The Kier molecular flexibility index (Phi) is 6.06. The van der Waals surface area contributed by atoms with E-state index >= 15 is 0 Å². The van der Waals surface area contributed by atoms with E-state index in [0.29, 0.717) is 19.3 Å². The zero-order valence-corrected chi connectivity index (χ0v) is 20.9. The summed E-state index contributed by atoms with van der Waals surface area (Å²) in [7, 11) is 4.02. The molecule has 2 unspecified atom stereocenters. The van der Waals surface area contributed by atoms with Gasteiger partial charge in [0.05, 0.1) is 0 Å². The van der Waals surface area contributed by atoms with Crippen LogP contribution in [-0.2, 0) is 9.59 Å². The SMILES string of the molecule is Cc1ccc(N2C(=O)CC(c3ccc(N(C)C)cc3)C3=C2CC(c2ccccc2)CC3=O)cc1C. The Bertz CT molecular complexity index is 1310. The molecule has 178 valence electrons. The van der Waals surface area contributed by atoms with Crippen molar-refractivity contribution in [1.82, 2.24) is 0 Å². The highest BCUT2D eigenvalue weighted by Crippen LogP contribution is 2.47. The van der Waals surface area contributed by atoms with Gasteiger partial charge in [0.1, 0.15) is 0 Å². The van der Waals surface area contributed by atoms with E-state index in [1.807, 2.05) is 43.3 Å². The van der Waals surface area contributed by atoms with Gasteiger partial charge in [0.25, 0.3) is 0 Å². The number of benzene rings is 3. The van der Waals surface area contributed by atoms with Gasteiger partial charge >= 0.3 is 0 Å².